The second kappa shape index (κ2) is 25.6. The molecule has 0 saturated carbocycles. The van der Waals surface area contributed by atoms with E-state index in [-0.39, 0.29) is 11.7 Å². The minimum Gasteiger partial charge on any atom is -0.497 e. The Morgan fingerprint density at radius 1 is 0.957 bits per heavy atom. The molecule has 3 rings (SSSR count). The highest BCUT2D eigenvalue weighted by Crippen LogP contribution is 2.35. The number of benzene rings is 2. The van der Waals surface area contributed by atoms with Gasteiger partial charge < -0.3 is 20.1 Å². The lowest BCUT2D eigenvalue weighted by Crippen LogP contribution is -2.20. The Morgan fingerprint density at radius 3 is 2.13 bits per heavy atom. The van der Waals surface area contributed by atoms with E-state index in [4.69, 9.17) is 9.47 Å². The van der Waals surface area contributed by atoms with E-state index in [2.05, 4.69) is 88.8 Å². The van der Waals surface area contributed by atoms with Gasteiger partial charge in [-0.05, 0) is 87.6 Å². The lowest BCUT2D eigenvalue weighted by Gasteiger charge is -2.14. The maximum absolute atomic E-state index is 10.9. The molecular weight excluding hydrogens is 593 g/mol. The average molecular weight is 651 g/mol. The fourth-order valence-electron chi connectivity index (χ4n) is 3.89. The van der Waals surface area contributed by atoms with Gasteiger partial charge in [-0.25, -0.2) is 0 Å². The molecule has 7 heteroatoms. The normalized spacial score (nSPS) is 11.9. The molecule has 0 bridgehead atoms. The predicted octanol–water partition coefficient (Wildman–Crippen LogP) is 10.0. The summed E-state index contributed by atoms with van der Waals surface area (Å²) in [4.78, 5) is 23.4. The molecule has 0 unspecified atom stereocenters. The summed E-state index contributed by atoms with van der Waals surface area (Å²) in [5.41, 5.74) is 6.62. The number of methoxy groups -OCH3 is 1. The summed E-state index contributed by atoms with van der Waals surface area (Å²) < 4.78 is 10.1. The maximum atomic E-state index is 10.9. The van der Waals surface area contributed by atoms with E-state index in [1.54, 1.807) is 37.1 Å². The van der Waals surface area contributed by atoms with Crippen LogP contribution in [0.4, 0.5) is 0 Å². The number of hydrogen-bond acceptors (Lipinski definition) is 6. The van der Waals surface area contributed by atoms with Crippen LogP contribution in [0.3, 0.4) is 0 Å². The summed E-state index contributed by atoms with van der Waals surface area (Å²) in [5.74, 6) is 0.847. The van der Waals surface area contributed by atoms with Crippen LogP contribution in [-0.2, 0) is 9.53 Å². The third kappa shape index (κ3) is 19.8. The molecule has 0 saturated heterocycles. The van der Waals surface area contributed by atoms with Crippen molar-refractivity contribution in [1.82, 2.24) is 10.6 Å². The topological polar surface area (TPSA) is 76.7 Å². The zero-order valence-electron chi connectivity index (χ0n) is 29.8. The first-order valence-corrected chi connectivity index (χ1v) is 16.9. The molecule has 0 fully saturated rings. The van der Waals surface area contributed by atoms with E-state index in [9.17, 15) is 9.59 Å². The Balaban J connectivity index is 0.000000657. The van der Waals surface area contributed by atoms with Crippen molar-refractivity contribution in [2.24, 2.45) is 0 Å². The van der Waals surface area contributed by atoms with E-state index in [0.29, 0.717) is 5.56 Å². The molecule has 2 aromatic rings. The molecule has 1 aliphatic heterocycles. The number of ether oxygens (including phenoxy) is 2. The third-order valence-electron chi connectivity index (χ3n) is 6.22. The molecule has 0 radical (unpaired) electrons. The second-order valence-corrected chi connectivity index (χ2v) is 12.2. The van der Waals surface area contributed by atoms with Crippen LogP contribution in [0.1, 0.15) is 102 Å². The number of aryl methyl sites for hydroxylation is 1. The number of rotatable bonds is 12. The first-order valence-electron chi connectivity index (χ1n) is 16.1. The van der Waals surface area contributed by atoms with Crippen molar-refractivity contribution in [3.05, 3.63) is 106 Å². The Bertz CT molecular complexity index is 1290. The van der Waals surface area contributed by atoms with Crippen LogP contribution in [0.25, 0.3) is 5.70 Å². The van der Waals surface area contributed by atoms with Crippen molar-refractivity contribution in [3.63, 3.8) is 0 Å². The molecule has 2 aromatic carbocycles. The van der Waals surface area contributed by atoms with Gasteiger partial charge in [0.25, 0.3) is 0 Å². The van der Waals surface area contributed by atoms with Gasteiger partial charge in [0, 0.05) is 48.5 Å². The summed E-state index contributed by atoms with van der Waals surface area (Å²) in [5, 5.41) is 6.23. The molecule has 254 valence electrons. The van der Waals surface area contributed by atoms with Crippen molar-refractivity contribution in [2.75, 3.05) is 26.9 Å². The Labute approximate surface area is 283 Å². The van der Waals surface area contributed by atoms with Crippen LogP contribution in [0.5, 0.6) is 5.75 Å². The molecule has 2 N–H and O–H groups in total. The molecule has 1 aliphatic rings. The van der Waals surface area contributed by atoms with Crippen LogP contribution in [0.2, 0.25) is 0 Å². The van der Waals surface area contributed by atoms with Gasteiger partial charge in [0.15, 0.2) is 5.78 Å². The first kappa shape index (κ1) is 42.5. The Kier molecular flexibility index (Phi) is 23.6. The van der Waals surface area contributed by atoms with Crippen LogP contribution < -0.4 is 15.4 Å². The van der Waals surface area contributed by atoms with Crippen molar-refractivity contribution in [1.29, 1.82) is 0 Å². The fraction of sp³-hybridized carbons (Fsp3) is 0.436. The zero-order chi connectivity index (χ0) is 34.9. The van der Waals surface area contributed by atoms with E-state index in [0.717, 1.165) is 79.5 Å². The van der Waals surface area contributed by atoms with Gasteiger partial charge in [-0.1, -0.05) is 94.1 Å². The molecule has 46 heavy (non-hydrogen) atoms. The van der Waals surface area contributed by atoms with Gasteiger partial charge in [-0.2, -0.15) is 0 Å². The number of nitrogens with one attached hydrogen (secondary N) is 2. The lowest BCUT2D eigenvalue weighted by atomic mass is 10.1. The van der Waals surface area contributed by atoms with Crippen molar-refractivity contribution < 1.29 is 19.1 Å². The monoisotopic (exact) mass is 650 g/mol. The highest BCUT2D eigenvalue weighted by molar-refractivity contribution is 8.06. The van der Waals surface area contributed by atoms with E-state index in [1.807, 2.05) is 13.0 Å². The Morgan fingerprint density at radius 2 is 1.61 bits per heavy atom. The van der Waals surface area contributed by atoms with E-state index >= 15 is 0 Å². The number of ketones is 1. The molecule has 0 aromatic heterocycles. The van der Waals surface area contributed by atoms with Gasteiger partial charge in [0.1, 0.15) is 5.75 Å². The van der Waals surface area contributed by atoms with Crippen LogP contribution in [0.15, 0.2) is 88.8 Å². The van der Waals surface area contributed by atoms with Gasteiger partial charge in [-0.15, -0.1) is 0 Å². The highest BCUT2D eigenvalue weighted by atomic mass is 32.2. The number of carbonyl (C=O) groups excluding carboxylic acids is 2. The van der Waals surface area contributed by atoms with E-state index < -0.39 is 0 Å². The Hall–Kier alpha value is -3.55. The van der Waals surface area contributed by atoms with Crippen LogP contribution in [0, 0.1) is 6.92 Å². The SMILES string of the molecule is C=C(C)SC1=C(C)NC(c2cccc(C)c2)=CCC1=C.CCCCNC(C)=O.CCCOCCC.COc1cccc(C(C)=O)c1. The summed E-state index contributed by atoms with van der Waals surface area (Å²) in [6.45, 7) is 26.5. The van der Waals surface area contributed by atoms with Crippen molar-refractivity contribution in [2.45, 2.75) is 87.5 Å². The molecule has 6 nitrogen and oxygen atoms in total. The van der Waals surface area contributed by atoms with Gasteiger partial charge in [0.05, 0.1) is 7.11 Å². The largest absolute Gasteiger partial charge is 0.497 e. The predicted molar refractivity (Wildman–Crippen MR) is 199 cm³/mol. The molecule has 0 spiro atoms. The van der Waals surface area contributed by atoms with Crippen LogP contribution in [-0.4, -0.2) is 38.6 Å². The number of Topliss-reactive ketones (excluding diaryl/α,β-unsaturated/α-hetero) is 1. The van der Waals surface area contributed by atoms with E-state index in [1.165, 1.54) is 29.9 Å². The quantitative estimate of drug-likeness (QED) is 0.176. The second-order valence-electron chi connectivity index (χ2n) is 10.9. The van der Waals surface area contributed by atoms with Crippen molar-refractivity contribution >= 4 is 29.1 Å². The number of allylic oxidation sites excluding steroid dienone is 4. The van der Waals surface area contributed by atoms with Crippen molar-refractivity contribution in [3.8, 4) is 5.75 Å². The lowest BCUT2D eigenvalue weighted by molar-refractivity contribution is -0.118. The number of carbonyl (C=O) groups is 2. The van der Waals surface area contributed by atoms with Gasteiger partial charge in [-0.3, -0.25) is 9.59 Å². The number of amides is 1. The summed E-state index contributed by atoms with van der Waals surface area (Å²) in [6.07, 6.45) is 7.58. The standard InChI is InChI=1S/C18H21NS.C9H10O2.C6H13NO.C6H14O/c1-12(2)20-18-14(4)9-10-17(19-15(18)5)16-8-6-7-13(3)11-16;1-7(10)8-4-3-5-9(6-8)11-2;1-3-4-5-7-6(2)8;1-3-5-7-6-4-2/h6-8,10-11,19H,1,4,9H2,2-3,5H3;3-6H,1-2H3;3-5H2,1-2H3,(H,7,8);3-6H2,1-2H3. The molecular formula is C39H58N2O4S. The smallest absolute Gasteiger partial charge is 0.216 e. The number of unbranched alkanes of at least 4 members (excludes halogenated alkanes) is 1. The summed E-state index contributed by atoms with van der Waals surface area (Å²) in [6, 6.07) is 15.7. The van der Waals surface area contributed by atoms with Crippen LogP contribution >= 0.6 is 11.8 Å². The number of thioether (sulfide) groups is 1. The minimum absolute atomic E-state index is 0.0592. The maximum Gasteiger partial charge on any atom is 0.216 e. The highest BCUT2D eigenvalue weighted by Gasteiger charge is 2.14. The third-order valence-corrected chi connectivity index (χ3v) is 7.37. The summed E-state index contributed by atoms with van der Waals surface area (Å²) in [7, 11) is 1.58. The first-order chi connectivity index (χ1) is 21.9. The van der Waals surface area contributed by atoms with Gasteiger partial charge in [0.2, 0.25) is 5.91 Å². The molecule has 0 atom stereocenters. The fourth-order valence-corrected chi connectivity index (χ4v) is 4.67. The van der Waals surface area contributed by atoms with Gasteiger partial charge >= 0.3 is 0 Å². The molecule has 1 amide bonds. The average Bonchev–Trinajstić information content (AvgIpc) is 3.16. The minimum atomic E-state index is 0.0592. The summed E-state index contributed by atoms with van der Waals surface area (Å²) >= 11 is 1.70. The molecule has 0 aliphatic carbocycles. The number of hydrogen-bond donors (Lipinski definition) is 2. The molecule has 1 heterocycles. The zero-order valence-corrected chi connectivity index (χ0v) is 30.6.